The minimum absolute atomic E-state index is 0.180. The fraction of sp³-hybridized carbons (Fsp3) is 0.462. The van der Waals surface area contributed by atoms with Crippen LogP contribution in [-0.2, 0) is 9.53 Å². The largest absolute Gasteiger partial charge is 0.392 e. The zero-order valence-electron chi connectivity index (χ0n) is 10.6. The van der Waals surface area contributed by atoms with E-state index in [1.807, 2.05) is 0 Å². The third kappa shape index (κ3) is 2.08. The first kappa shape index (κ1) is 14.5. The van der Waals surface area contributed by atoms with E-state index in [1.54, 1.807) is 0 Å². The molecule has 20 heavy (non-hydrogen) atoms. The quantitative estimate of drug-likeness (QED) is 0.583. The van der Waals surface area contributed by atoms with Gasteiger partial charge in [0.1, 0.15) is 18.2 Å². The van der Waals surface area contributed by atoms with Crippen molar-refractivity contribution >= 4 is 5.91 Å². The molecular formula is C13H15FN2O4. The Morgan fingerprint density at radius 3 is 2.90 bits per heavy atom. The summed E-state index contributed by atoms with van der Waals surface area (Å²) in [7, 11) is 0. The molecule has 0 aromatic carbocycles. The van der Waals surface area contributed by atoms with E-state index in [9.17, 15) is 19.4 Å². The Bertz CT molecular complexity index is 501. The van der Waals surface area contributed by atoms with Crippen LogP contribution in [0.15, 0.2) is 24.7 Å². The predicted molar refractivity (Wildman–Crippen MR) is 67.3 cm³/mol. The average Bonchev–Trinajstić information content (AvgIpc) is 2.71. The standard InChI is InChI=1S/C13H15FN2O4/c1-3-13(7-17)11(19)9(6-14)12(20-13)16-5-4-10(18)15-8(16)2/h1,4-5,9,11-12,17,19H,2,6-7H2,(H,15,18)/t9-,11-,12+,13+/m0/s1. The molecule has 3 N–H and O–H groups in total. The van der Waals surface area contributed by atoms with Crippen LogP contribution >= 0.6 is 0 Å². The maximum atomic E-state index is 13.2. The Labute approximate surface area is 115 Å². The van der Waals surface area contributed by atoms with Gasteiger partial charge in [0.25, 0.3) is 5.91 Å². The Balaban J connectivity index is 2.32. The van der Waals surface area contributed by atoms with Gasteiger partial charge in [0.05, 0.1) is 19.2 Å². The van der Waals surface area contributed by atoms with Crippen molar-refractivity contribution in [2.45, 2.75) is 17.9 Å². The molecule has 108 valence electrons. The van der Waals surface area contributed by atoms with E-state index in [4.69, 9.17) is 11.2 Å². The van der Waals surface area contributed by atoms with Crippen LogP contribution in [0.5, 0.6) is 0 Å². The lowest BCUT2D eigenvalue weighted by Gasteiger charge is -2.33. The van der Waals surface area contributed by atoms with Gasteiger partial charge in [0, 0.05) is 12.3 Å². The second-order valence-electron chi connectivity index (χ2n) is 4.62. The van der Waals surface area contributed by atoms with Gasteiger partial charge < -0.3 is 25.2 Å². The van der Waals surface area contributed by atoms with Crippen molar-refractivity contribution in [1.29, 1.82) is 0 Å². The number of terminal acetylenes is 1. The lowest BCUT2D eigenvalue weighted by atomic mass is 9.91. The molecule has 1 fully saturated rings. The first-order valence-corrected chi connectivity index (χ1v) is 5.96. The maximum absolute atomic E-state index is 13.2. The van der Waals surface area contributed by atoms with E-state index in [0.717, 1.165) is 0 Å². The van der Waals surface area contributed by atoms with E-state index in [1.165, 1.54) is 17.2 Å². The second kappa shape index (κ2) is 5.25. The summed E-state index contributed by atoms with van der Waals surface area (Å²) in [5.74, 6) is 1.01. The number of rotatable bonds is 3. The van der Waals surface area contributed by atoms with Crippen LogP contribution in [0.4, 0.5) is 4.39 Å². The maximum Gasteiger partial charge on any atom is 0.250 e. The molecule has 2 aliphatic rings. The van der Waals surface area contributed by atoms with Crippen molar-refractivity contribution in [1.82, 2.24) is 10.2 Å². The number of nitrogens with one attached hydrogen (secondary N) is 1. The molecule has 0 radical (unpaired) electrons. The first-order valence-electron chi connectivity index (χ1n) is 5.96. The highest BCUT2D eigenvalue weighted by Crippen LogP contribution is 2.38. The molecule has 0 aromatic heterocycles. The third-order valence-electron chi connectivity index (χ3n) is 3.48. The zero-order chi connectivity index (χ0) is 14.9. The summed E-state index contributed by atoms with van der Waals surface area (Å²) in [6.07, 6.45) is 5.53. The average molecular weight is 282 g/mol. The fourth-order valence-corrected chi connectivity index (χ4v) is 2.32. The fourth-order valence-electron chi connectivity index (χ4n) is 2.32. The molecule has 4 atom stereocenters. The summed E-state index contributed by atoms with van der Waals surface area (Å²) in [5.41, 5.74) is -1.67. The number of amides is 1. The Kier molecular flexibility index (Phi) is 3.81. The van der Waals surface area contributed by atoms with E-state index in [-0.39, 0.29) is 11.7 Å². The van der Waals surface area contributed by atoms with Gasteiger partial charge in [-0.3, -0.25) is 9.18 Å². The molecule has 0 spiro atoms. The number of carbonyl (C=O) groups excluding carboxylic acids is 1. The minimum Gasteiger partial charge on any atom is -0.392 e. The van der Waals surface area contributed by atoms with Gasteiger partial charge in [-0.25, -0.2) is 0 Å². The summed E-state index contributed by atoms with van der Waals surface area (Å²) >= 11 is 0. The molecule has 2 rings (SSSR count). The van der Waals surface area contributed by atoms with Crippen LogP contribution in [0.25, 0.3) is 0 Å². The van der Waals surface area contributed by atoms with Crippen LogP contribution in [0, 0.1) is 18.3 Å². The molecule has 7 heteroatoms. The molecule has 2 aliphatic heterocycles. The predicted octanol–water partition coefficient (Wildman–Crippen LogP) is -0.930. The van der Waals surface area contributed by atoms with Gasteiger partial charge in [0.15, 0.2) is 5.60 Å². The van der Waals surface area contributed by atoms with Crippen LogP contribution in [-0.4, -0.2) is 52.2 Å². The number of aliphatic hydroxyl groups is 2. The number of alkyl halides is 1. The van der Waals surface area contributed by atoms with Gasteiger partial charge >= 0.3 is 0 Å². The smallest absolute Gasteiger partial charge is 0.250 e. The van der Waals surface area contributed by atoms with Gasteiger partial charge in [-0.1, -0.05) is 12.5 Å². The topological polar surface area (TPSA) is 82.0 Å². The van der Waals surface area contributed by atoms with Gasteiger partial charge in [-0.2, -0.15) is 0 Å². The van der Waals surface area contributed by atoms with Crippen molar-refractivity contribution in [2.24, 2.45) is 5.92 Å². The summed E-state index contributed by atoms with van der Waals surface area (Å²) in [6.45, 7) is 2.08. The Morgan fingerprint density at radius 1 is 1.70 bits per heavy atom. The molecule has 0 saturated carbocycles. The number of aliphatic hydroxyl groups excluding tert-OH is 2. The third-order valence-corrected chi connectivity index (χ3v) is 3.48. The molecule has 0 aliphatic carbocycles. The van der Waals surface area contributed by atoms with Crippen molar-refractivity contribution in [2.75, 3.05) is 13.3 Å². The number of ether oxygens (including phenoxy) is 1. The van der Waals surface area contributed by atoms with Crippen LogP contribution < -0.4 is 5.32 Å². The van der Waals surface area contributed by atoms with Crippen molar-refractivity contribution in [3.8, 4) is 12.3 Å². The SMILES string of the molecule is C#C[C@]1(CO)O[C@@H](N2C=CC(=O)NC2=C)[C@@H](CF)[C@@H]1O. The van der Waals surface area contributed by atoms with Gasteiger partial charge in [0.2, 0.25) is 0 Å². The summed E-state index contributed by atoms with van der Waals surface area (Å²) in [4.78, 5) is 12.5. The Hall–Kier alpha value is -1.88. The Morgan fingerprint density at radius 2 is 2.40 bits per heavy atom. The van der Waals surface area contributed by atoms with Crippen LogP contribution in [0.1, 0.15) is 0 Å². The first-order chi connectivity index (χ1) is 9.49. The summed E-state index contributed by atoms with van der Waals surface area (Å²) < 4.78 is 18.7. The van der Waals surface area contributed by atoms with Gasteiger partial charge in [-0.05, 0) is 0 Å². The molecule has 6 nitrogen and oxygen atoms in total. The van der Waals surface area contributed by atoms with E-state index < -0.39 is 37.1 Å². The normalized spacial score (nSPS) is 36.9. The summed E-state index contributed by atoms with van der Waals surface area (Å²) in [5, 5.41) is 21.9. The molecule has 0 bridgehead atoms. The highest BCUT2D eigenvalue weighted by molar-refractivity contribution is 5.89. The van der Waals surface area contributed by atoms with Gasteiger partial charge in [-0.15, -0.1) is 6.42 Å². The van der Waals surface area contributed by atoms with Crippen molar-refractivity contribution in [3.63, 3.8) is 0 Å². The highest BCUT2D eigenvalue weighted by Gasteiger charge is 2.55. The van der Waals surface area contributed by atoms with E-state index >= 15 is 0 Å². The number of carbonyl (C=O) groups is 1. The lowest BCUT2D eigenvalue weighted by molar-refractivity contribution is -0.120. The van der Waals surface area contributed by atoms with E-state index in [0.29, 0.717) is 0 Å². The molecule has 1 saturated heterocycles. The van der Waals surface area contributed by atoms with Crippen LogP contribution in [0.3, 0.4) is 0 Å². The number of nitrogens with zero attached hydrogens (tertiary/aromatic N) is 1. The van der Waals surface area contributed by atoms with Crippen molar-refractivity contribution in [3.05, 3.63) is 24.7 Å². The molecule has 0 unspecified atom stereocenters. The number of halogens is 1. The highest BCUT2D eigenvalue weighted by atomic mass is 19.1. The number of hydrogen-bond donors (Lipinski definition) is 3. The zero-order valence-corrected chi connectivity index (χ0v) is 10.6. The minimum atomic E-state index is -1.67. The lowest BCUT2D eigenvalue weighted by Crippen LogP contribution is -2.44. The summed E-state index contributed by atoms with van der Waals surface area (Å²) in [6, 6.07) is 0. The molecule has 2 heterocycles. The molecule has 0 aromatic rings. The van der Waals surface area contributed by atoms with Crippen LogP contribution in [0.2, 0.25) is 0 Å². The second-order valence-corrected chi connectivity index (χ2v) is 4.62. The molecule has 1 amide bonds. The molecular weight excluding hydrogens is 267 g/mol. The van der Waals surface area contributed by atoms with E-state index in [2.05, 4.69) is 17.8 Å². The monoisotopic (exact) mass is 282 g/mol. The number of hydrogen-bond acceptors (Lipinski definition) is 5. The van der Waals surface area contributed by atoms with Crippen molar-refractivity contribution < 1.29 is 24.1 Å².